The number of nitro benzene ring substituents is 1. The topological polar surface area (TPSA) is 80.9 Å². The lowest BCUT2D eigenvalue weighted by molar-refractivity contribution is -0.384. The minimum Gasteiger partial charge on any atom is -0.331 e. The van der Waals surface area contributed by atoms with Gasteiger partial charge < -0.3 is 4.98 Å². The fraction of sp³-hybridized carbons (Fsp3) is 0.200. The number of rotatable bonds is 2. The SMILES string of the molecule is CCn1c(=S)[nH]c2cc([N+](=O)[O-])ccc2c1=O. The molecule has 0 saturated carbocycles. The van der Waals surface area contributed by atoms with E-state index in [1.54, 1.807) is 0 Å². The van der Waals surface area contributed by atoms with Crippen molar-refractivity contribution in [2.75, 3.05) is 0 Å². The van der Waals surface area contributed by atoms with Crippen LogP contribution in [0.2, 0.25) is 0 Å². The van der Waals surface area contributed by atoms with Gasteiger partial charge in [-0.1, -0.05) is 0 Å². The molecule has 0 radical (unpaired) electrons. The van der Waals surface area contributed by atoms with E-state index in [1.165, 1.54) is 22.8 Å². The lowest BCUT2D eigenvalue weighted by Crippen LogP contribution is -2.21. The number of nitrogens with zero attached hydrogens (tertiary/aromatic N) is 2. The molecule has 0 amide bonds. The molecule has 0 saturated heterocycles. The van der Waals surface area contributed by atoms with Crippen LogP contribution in [0.1, 0.15) is 6.92 Å². The number of hydrogen-bond acceptors (Lipinski definition) is 4. The minimum absolute atomic E-state index is 0.0724. The van der Waals surface area contributed by atoms with Gasteiger partial charge in [-0.25, -0.2) is 0 Å². The maximum absolute atomic E-state index is 12.0. The molecule has 1 aromatic carbocycles. The van der Waals surface area contributed by atoms with Crippen molar-refractivity contribution in [3.63, 3.8) is 0 Å². The molecule has 2 rings (SSSR count). The van der Waals surface area contributed by atoms with Gasteiger partial charge in [0, 0.05) is 18.7 Å². The average molecular weight is 251 g/mol. The summed E-state index contributed by atoms with van der Waals surface area (Å²) in [4.78, 5) is 24.9. The molecule has 0 spiro atoms. The number of nitro groups is 1. The number of H-pyrrole nitrogens is 1. The Bertz CT molecular complexity index is 717. The number of nitrogens with one attached hydrogen (secondary N) is 1. The molecule has 6 nitrogen and oxygen atoms in total. The van der Waals surface area contributed by atoms with Gasteiger partial charge >= 0.3 is 0 Å². The molecule has 88 valence electrons. The lowest BCUT2D eigenvalue weighted by Gasteiger charge is -2.04. The van der Waals surface area contributed by atoms with Crippen LogP contribution >= 0.6 is 12.2 Å². The van der Waals surface area contributed by atoms with Crippen molar-refractivity contribution >= 4 is 28.8 Å². The zero-order chi connectivity index (χ0) is 12.6. The van der Waals surface area contributed by atoms with Crippen LogP contribution in [0.25, 0.3) is 10.9 Å². The number of hydrogen-bond donors (Lipinski definition) is 1. The smallest absolute Gasteiger partial charge is 0.271 e. The van der Waals surface area contributed by atoms with Crippen molar-refractivity contribution in [2.45, 2.75) is 13.5 Å². The summed E-state index contributed by atoms with van der Waals surface area (Å²) in [5, 5.41) is 11.0. The van der Waals surface area contributed by atoms with Gasteiger partial charge in [0.2, 0.25) is 0 Å². The van der Waals surface area contributed by atoms with Crippen LogP contribution in [-0.2, 0) is 6.54 Å². The Morgan fingerprint density at radius 3 is 2.82 bits per heavy atom. The first-order chi connectivity index (χ1) is 8.04. The molecule has 0 aliphatic heterocycles. The Labute approximate surface area is 101 Å². The van der Waals surface area contributed by atoms with Crippen LogP contribution in [0.5, 0.6) is 0 Å². The van der Waals surface area contributed by atoms with E-state index in [4.69, 9.17) is 12.2 Å². The van der Waals surface area contributed by atoms with E-state index < -0.39 is 4.92 Å². The second-order valence-corrected chi connectivity index (χ2v) is 3.85. The Balaban J connectivity index is 2.87. The maximum Gasteiger partial charge on any atom is 0.271 e. The van der Waals surface area contributed by atoms with Crippen LogP contribution in [0.4, 0.5) is 5.69 Å². The quantitative estimate of drug-likeness (QED) is 0.502. The van der Waals surface area contributed by atoms with Crippen LogP contribution in [0, 0.1) is 14.9 Å². The number of fused-ring (bicyclic) bond motifs is 1. The highest BCUT2D eigenvalue weighted by Gasteiger charge is 2.10. The largest absolute Gasteiger partial charge is 0.331 e. The molecule has 0 atom stereocenters. The number of aromatic amines is 1. The maximum atomic E-state index is 12.0. The van der Waals surface area contributed by atoms with Gasteiger partial charge in [0.25, 0.3) is 11.2 Å². The summed E-state index contributed by atoms with van der Waals surface area (Å²) >= 11 is 5.01. The molecule has 0 unspecified atom stereocenters. The summed E-state index contributed by atoms with van der Waals surface area (Å²) < 4.78 is 1.68. The van der Waals surface area contributed by atoms with Gasteiger partial charge in [-0.3, -0.25) is 19.5 Å². The molecule has 1 heterocycles. The summed E-state index contributed by atoms with van der Waals surface area (Å²) in [6.07, 6.45) is 0. The lowest BCUT2D eigenvalue weighted by atomic mass is 10.2. The summed E-state index contributed by atoms with van der Waals surface area (Å²) in [6, 6.07) is 4.06. The second-order valence-electron chi connectivity index (χ2n) is 3.47. The fourth-order valence-electron chi connectivity index (χ4n) is 1.64. The molecule has 1 aromatic heterocycles. The van der Waals surface area contributed by atoms with E-state index in [1.807, 2.05) is 6.92 Å². The Kier molecular flexibility index (Phi) is 2.76. The number of non-ortho nitro benzene ring substituents is 1. The van der Waals surface area contributed by atoms with Crippen molar-refractivity contribution < 1.29 is 4.92 Å². The molecule has 0 aliphatic rings. The molecule has 0 fully saturated rings. The molecule has 2 aromatic rings. The third-order valence-corrected chi connectivity index (χ3v) is 2.81. The number of benzene rings is 1. The highest BCUT2D eigenvalue weighted by Crippen LogP contribution is 2.16. The number of aromatic nitrogens is 2. The monoisotopic (exact) mass is 251 g/mol. The minimum atomic E-state index is -0.512. The van der Waals surface area contributed by atoms with Crippen molar-refractivity contribution in [3.05, 3.63) is 43.4 Å². The predicted octanol–water partition coefficient (Wildman–Crippen LogP) is 1.99. The van der Waals surface area contributed by atoms with E-state index in [0.717, 1.165) is 0 Å². The first kappa shape index (κ1) is 11.5. The van der Waals surface area contributed by atoms with E-state index in [-0.39, 0.29) is 16.0 Å². The van der Waals surface area contributed by atoms with E-state index in [9.17, 15) is 14.9 Å². The standard InChI is InChI=1S/C10H9N3O3S/c1-2-12-9(14)7-4-3-6(13(15)16)5-8(7)11-10(12)17/h3-5H,2H2,1H3,(H,11,17). The molecule has 0 bridgehead atoms. The van der Waals surface area contributed by atoms with Crippen molar-refractivity contribution in [3.8, 4) is 0 Å². The first-order valence-corrected chi connectivity index (χ1v) is 5.36. The van der Waals surface area contributed by atoms with Gasteiger partial charge in [0.1, 0.15) is 0 Å². The molecule has 17 heavy (non-hydrogen) atoms. The Morgan fingerprint density at radius 2 is 2.24 bits per heavy atom. The Morgan fingerprint density at radius 1 is 1.53 bits per heavy atom. The van der Waals surface area contributed by atoms with Gasteiger partial charge in [-0.05, 0) is 25.2 Å². The summed E-state index contributed by atoms with van der Waals surface area (Å²) in [7, 11) is 0. The van der Waals surface area contributed by atoms with Crippen LogP contribution < -0.4 is 5.56 Å². The third kappa shape index (κ3) is 1.84. The van der Waals surface area contributed by atoms with Crippen LogP contribution in [0.15, 0.2) is 23.0 Å². The molecule has 7 heteroatoms. The normalized spacial score (nSPS) is 10.6. The zero-order valence-corrected chi connectivity index (χ0v) is 9.78. The summed E-state index contributed by atoms with van der Waals surface area (Å²) in [5.41, 5.74) is 0.0804. The first-order valence-electron chi connectivity index (χ1n) is 4.96. The van der Waals surface area contributed by atoms with Gasteiger partial charge in [0.15, 0.2) is 4.77 Å². The molecular weight excluding hydrogens is 242 g/mol. The van der Waals surface area contributed by atoms with E-state index in [2.05, 4.69) is 4.98 Å². The second kappa shape index (κ2) is 4.10. The van der Waals surface area contributed by atoms with E-state index in [0.29, 0.717) is 17.4 Å². The molecule has 1 N–H and O–H groups in total. The van der Waals surface area contributed by atoms with E-state index >= 15 is 0 Å². The highest BCUT2D eigenvalue weighted by atomic mass is 32.1. The average Bonchev–Trinajstić information content (AvgIpc) is 2.28. The fourth-order valence-corrected chi connectivity index (χ4v) is 1.97. The van der Waals surface area contributed by atoms with Crippen molar-refractivity contribution in [1.82, 2.24) is 9.55 Å². The van der Waals surface area contributed by atoms with Gasteiger partial charge in [-0.15, -0.1) is 0 Å². The van der Waals surface area contributed by atoms with Crippen LogP contribution in [0.3, 0.4) is 0 Å². The predicted molar refractivity (Wildman–Crippen MR) is 65.7 cm³/mol. The van der Waals surface area contributed by atoms with Crippen LogP contribution in [-0.4, -0.2) is 14.5 Å². The molecule has 0 aliphatic carbocycles. The van der Waals surface area contributed by atoms with Gasteiger partial charge in [-0.2, -0.15) is 0 Å². The highest BCUT2D eigenvalue weighted by molar-refractivity contribution is 7.71. The third-order valence-electron chi connectivity index (χ3n) is 2.49. The molecular formula is C10H9N3O3S. The van der Waals surface area contributed by atoms with Crippen molar-refractivity contribution in [1.29, 1.82) is 0 Å². The Hall–Kier alpha value is -2.02. The van der Waals surface area contributed by atoms with Gasteiger partial charge in [0.05, 0.1) is 15.8 Å². The summed E-state index contributed by atoms with van der Waals surface area (Å²) in [5.74, 6) is 0. The van der Waals surface area contributed by atoms with Crippen molar-refractivity contribution in [2.24, 2.45) is 0 Å². The summed E-state index contributed by atoms with van der Waals surface area (Å²) in [6.45, 7) is 2.27. The zero-order valence-electron chi connectivity index (χ0n) is 8.97.